The van der Waals surface area contributed by atoms with Gasteiger partial charge in [-0.15, -0.1) is 0 Å². The third kappa shape index (κ3) is 7.06. The summed E-state index contributed by atoms with van der Waals surface area (Å²) in [4.78, 5) is 17.0. The van der Waals surface area contributed by atoms with Gasteiger partial charge in [-0.05, 0) is 79.8 Å². The van der Waals surface area contributed by atoms with Gasteiger partial charge in [-0.2, -0.15) is 5.10 Å². The van der Waals surface area contributed by atoms with Crippen LogP contribution in [0.2, 0.25) is 10.0 Å². The Hall–Kier alpha value is -3.00. The number of nitrogens with zero attached hydrogens (tertiary/aromatic N) is 3. The van der Waals surface area contributed by atoms with Gasteiger partial charge in [0.2, 0.25) is 0 Å². The molecule has 1 aliphatic heterocycles. The fourth-order valence-corrected chi connectivity index (χ4v) is 4.94. The summed E-state index contributed by atoms with van der Waals surface area (Å²) in [6.07, 6.45) is 5.79. The van der Waals surface area contributed by atoms with Crippen molar-refractivity contribution in [2.24, 2.45) is 5.10 Å². The van der Waals surface area contributed by atoms with Crippen molar-refractivity contribution in [1.82, 2.24) is 10.3 Å². The van der Waals surface area contributed by atoms with E-state index in [2.05, 4.69) is 69.8 Å². The van der Waals surface area contributed by atoms with Crippen LogP contribution in [0.3, 0.4) is 0 Å². The summed E-state index contributed by atoms with van der Waals surface area (Å²) in [6.45, 7) is 9.38. The molecule has 0 atom stereocenters. The van der Waals surface area contributed by atoms with E-state index in [1.54, 1.807) is 24.4 Å². The molecule has 2 aromatic rings. The van der Waals surface area contributed by atoms with Gasteiger partial charge in [0, 0.05) is 43.3 Å². The minimum Gasteiger partial charge on any atom is -0.378 e. The van der Waals surface area contributed by atoms with Crippen LogP contribution in [0.25, 0.3) is 6.08 Å². The number of amides is 2. The highest BCUT2D eigenvalue weighted by Gasteiger charge is 2.25. The van der Waals surface area contributed by atoms with Crippen LogP contribution in [0.5, 0.6) is 0 Å². The van der Waals surface area contributed by atoms with E-state index in [9.17, 15) is 4.79 Å². The Labute approximate surface area is 228 Å². The number of halogens is 2. The molecule has 7 nitrogen and oxygen atoms in total. The zero-order valence-electron chi connectivity index (χ0n) is 21.3. The summed E-state index contributed by atoms with van der Waals surface area (Å²) in [5.41, 5.74) is 9.06. The molecule has 37 heavy (non-hydrogen) atoms. The number of benzene rings is 2. The van der Waals surface area contributed by atoms with Gasteiger partial charge in [-0.1, -0.05) is 35.3 Å². The van der Waals surface area contributed by atoms with Crippen LogP contribution in [-0.4, -0.2) is 56.5 Å². The molecule has 2 aromatic carbocycles. The Kier molecular flexibility index (Phi) is 9.50. The molecule has 1 aliphatic carbocycles. The van der Waals surface area contributed by atoms with E-state index in [1.165, 1.54) is 22.5 Å². The van der Waals surface area contributed by atoms with Gasteiger partial charge in [0.1, 0.15) is 0 Å². The molecule has 0 bridgehead atoms. The molecule has 0 radical (unpaired) electrons. The predicted molar refractivity (Wildman–Crippen MR) is 154 cm³/mol. The maximum atomic E-state index is 12.3. The molecule has 1 saturated heterocycles. The molecule has 1 fully saturated rings. The van der Waals surface area contributed by atoms with Gasteiger partial charge >= 0.3 is 6.03 Å². The summed E-state index contributed by atoms with van der Waals surface area (Å²) in [5.74, 6) is 0. The van der Waals surface area contributed by atoms with E-state index in [-0.39, 0.29) is 0 Å². The number of anilines is 2. The lowest BCUT2D eigenvalue weighted by atomic mass is 10.1. The molecular weight excluding hydrogens is 509 g/mol. The molecule has 2 aliphatic rings. The van der Waals surface area contributed by atoms with E-state index in [1.807, 2.05) is 0 Å². The van der Waals surface area contributed by atoms with Crippen molar-refractivity contribution in [3.63, 3.8) is 0 Å². The topological polar surface area (TPSA) is 69.2 Å². The number of carbonyl (C=O) groups is 1. The first kappa shape index (κ1) is 27.0. The predicted octanol–water partition coefficient (Wildman–Crippen LogP) is 6.41. The van der Waals surface area contributed by atoms with Crippen molar-refractivity contribution in [3.05, 3.63) is 74.9 Å². The quantitative estimate of drug-likeness (QED) is 0.299. The van der Waals surface area contributed by atoms with Gasteiger partial charge in [0.15, 0.2) is 0 Å². The summed E-state index contributed by atoms with van der Waals surface area (Å²) < 4.78 is 5.58. The van der Waals surface area contributed by atoms with E-state index < -0.39 is 6.03 Å². The molecule has 2 amide bonds. The van der Waals surface area contributed by atoms with Crippen molar-refractivity contribution < 1.29 is 9.53 Å². The molecule has 2 N–H and O–H groups in total. The molecular formula is C28H33Cl2N5O2. The maximum absolute atomic E-state index is 12.3. The summed E-state index contributed by atoms with van der Waals surface area (Å²) in [7, 11) is 0. The second-order valence-corrected chi connectivity index (χ2v) is 9.67. The molecule has 1 heterocycles. The molecule has 196 valence electrons. The number of allylic oxidation sites excluding steroid dienone is 2. The zero-order chi connectivity index (χ0) is 26.2. The molecule has 0 unspecified atom stereocenters. The van der Waals surface area contributed by atoms with Crippen molar-refractivity contribution >= 4 is 52.9 Å². The first-order valence-corrected chi connectivity index (χ1v) is 13.4. The Morgan fingerprint density at radius 3 is 2.46 bits per heavy atom. The van der Waals surface area contributed by atoms with Gasteiger partial charge in [0.05, 0.1) is 29.5 Å². The highest BCUT2D eigenvalue weighted by Crippen LogP contribution is 2.35. The molecule has 4 rings (SSSR count). The van der Waals surface area contributed by atoms with Gasteiger partial charge in [-0.3, -0.25) is 0 Å². The number of hydrogen-bond donors (Lipinski definition) is 2. The highest BCUT2D eigenvalue weighted by molar-refractivity contribution is 6.42. The Morgan fingerprint density at radius 2 is 1.78 bits per heavy atom. The lowest BCUT2D eigenvalue weighted by Crippen LogP contribution is -2.36. The van der Waals surface area contributed by atoms with Crippen LogP contribution in [-0.2, 0) is 4.74 Å². The normalized spacial score (nSPS) is 17.1. The lowest BCUT2D eigenvalue weighted by Gasteiger charge is -2.31. The number of nitrogens with one attached hydrogen (secondary N) is 2. The van der Waals surface area contributed by atoms with Crippen molar-refractivity contribution in [3.8, 4) is 0 Å². The van der Waals surface area contributed by atoms with Crippen LogP contribution in [0.4, 0.5) is 16.2 Å². The van der Waals surface area contributed by atoms with Crippen molar-refractivity contribution in [1.29, 1.82) is 0 Å². The van der Waals surface area contributed by atoms with Crippen LogP contribution in [0.1, 0.15) is 32.3 Å². The van der Waals surface area contributed by atoms with E-state index >= 15 is 0 Å². The summed E-state index contributed by atoms with van der Waals surface area (Å²) in [6, 6.07) is 13.2. The van der Waals surface area contributed by atoms with Gasteiger partial charge < -0.3 is 19.9 Å². The summed E-state index contributed by atoms with van der Waals surface area (Å²) >= 11 is 12.0. The minimum absolute atomic E-state index is 0.372. The monoisotopic (exact) mass is 541 g/mol. The van der Waals surface area contributed by atoms with Crippen molar-refractivity contribution in [2.45, 2.75) is 26.7 Å². The smallest absolute Gasteiger partial charge is 0.339 e. The third-order valence-electron chi connectivity index (χ3n) is 6.53. The number of urea groups is 1. The Morgan fingerprint density at radius 1 is 1.05 bits per heavy atom. The second-order valence-electron chi connectivity index (χ2n) is 8.86. The molecule has 0 spiro atoms. The number of morpholine rings is 1. The second kappa shape index (κ2) is 13.0. The number of hydrazone groups is 1. The van der Waals surface area contributed by atoms with Gasteiger partial charge in [0.25, 0.3) is 0 Å². The fraction of sp³-hybridized carbons (Fsp3) is 0.357. The van der Waals surface area contributed by atoms with E-state index in [4.69, 9.17) is 27.9 Å². The Bertz CT molecular complexity index is 1180. The lowest BCUT2D eigenvalue weighted by molar-refractivity contribution is 0.0548. The third-order valence-corrected chi connectivity index (χ3v) is 7.26. The van der Waals surface area contributed by atoms with E-state index in [0.29, 0.717) is 28.9 Å². The molecule has 0 saturated carbocycles. The average Bonchev–Trinajstić information content (AvgIpc) is 3.30. The van der Waals surface area contributed by atoms with Crippen LogP contribution >= 0.6 is 23.2 Å². The van der Waals surface area contributed by atoms with Gasteiger partial charge in [-0.25, -0.2) is 10.2 Å². The van der Waals surface area contributed by atoms with E-state index in [0.717, 1.165) is 44.6 Å². The van der Waals surface area contributed by atoms with Crippen LogP contribution in [0.15, 0.2) is 64.4 Å². The van der Waals surface area contributed by atoms with Crippen molar-refractivity contribution in [2.75, 3.05) is 49.6 Å². The first-order chi connectivity index (χ1) is 18.0. The molecule has 0 aromatic heterocycles. The Balaban J connectivity index is 1.50. The largest absolute Gasteiger partial charge is 0.378 e. The molecule has 9 heteroatoms. The standard InChI is InChI=1S/C28H33Cl2N5O2/c1-3-34(4-2)24-10-5-20(6-11-24)17-21-7-8-22(27(21)35-13-15-37-16-14-35)19-31-33-28(36)32-23-9-12-25(29)26(30)18-23/h5-6,9-12,17-19H,3-4,7-8,13-16H2,1-2H3,(H2,32,33,36)/b21-17-,31-19+. The minimum atomic E-state index is -0.454. The fourth-order valence-electron chi connectivity index (χ4n) is 4.64. The summed E-state index contributed by atoms with van der Waals surface area (Å²) in [5, 5.41) is 7.74. The zero-order valence-corrected chi connectivity index (χ0v) is 22.8. The highest BCUT2D eigenvalue weighted by atomic mass is 35.5. The number of hydrogen-bond acceptors (Lipinski definition) is 5. The number of ether oxygens (including phenoxy) is 1. The maximum Gasteiger partial charge on any atom is 0.339 e. The van der Waals surface area contributed by atoms with Crippen LogP contribution < -0.4 is 15.6 Å². The number of rotatable bonds is 8. The average molecular weight is 543 g/mol. The first-order valence-electron chi connectivity index (χ1n) is 12.7. The number of carbonyl (C=O) groups excluding carboxylic acids is 1. The van der Waals surface area contributed by atoms with Crippen LogP contribution in [0, 0.1) is 0 Å². The SMILES string of the molecule is CCN(CC)c1ccc(/C=C2/CCC(/C=N/NC(=O)Nc3ccc(Cl)c(Cl)c3)=C2N2CCOCC2)cc1.